The zero-order valence-electron chi connectivity index (χ0n) is 9.34. The van der Waals surface area contributed by atoms with Gasteiger partial charge < -0.3 is 10.5 Å². The summed E-state index contributed by atoms with van der Waals surface area (Å²) in [5.41, 5.74) is 8.10. The van der Waals surface area contributed by atoms with Crippen LogP contribution in [0.3, 0.4) is 0 Å². The summed E-state index contributed by atoms with van der Waals surface area (Å²) in [6.45, 7) is 2.66. The number of ether oxygens (including phenoxy) is 1. The van der Waals surface area contributed by atoms with Crippen molar-refractivity contribution in [2.45, 2.75) is 13.5 Å². The summed E-state index contributed by atoms with van der Waals surface area (Å²) in [5.74, 6) is 0.361. The van der Waals surface area contributed by atoms with Crippen LogP contribution in [0.25, 0.3) is 0 Å². The molecule has 0 unspecified atom stereocenters. The fraction of sp³-hybridized carbons (Fsp3) is 0.273. The van der Waals surface area contributed by atoms with E-state index < -0.39 is 0 Å². The van der Waals surface area contributed by atoms with E-state index in [1.807, 2.05) is 18.2 Å². The van der Waals surface area contributed by atoms with Crippen LogP contribution in [0.2, 0.25) is 0 Å². The Bertz CT molecular complexity index is 492. The second-order valence-electron chi connectivity index (χ2n) is 3.54. The second-order valence-corrected chi connectivity index (χ2v) is 3.54. The Hall–Kier alpha value is -2.04. The van der Waals surface area contributed by atoms with Crippen molar-refractivity contribution in [1.82, 2.24) is 14.8 Å². The third-order valence-corrected chi connectivity index (χ3v) is 2.44. The summed E-state index contributed by atoms with van der Waals surface area (Å²) in [7, 11) is 1.52. The molecule has 0 radical (unpaired) electrons. The number of aryl methyl sites for hydroxylation is 1. The molecule has 2 aromatic rings. The van der Waals surface area contributed by atoms with Gasteiger partial charge in [0.15, 0.2) is 0 Å². The Morgan fingerprint density at radius 2 is 2.12 bits per heavy atom. The summed E-state index contributed by atoms with van der Waals surface area (Å²) in [5, 5.41) is 4.12. The molecule has 84 valence electrons. The summed E-state index contributed by atoms with van der Waals surface area (Å²) in [6, 6.07) is 8.39. The number of anilines is 1. The van der Waals surface area contributed by atoms with Gasteiger partial charge in [-0.25, -0.2) is 4.68 Å². The molecule has 0 aliphatic rings. The van der Waals surface area contributed by atoms with E-state index in [9.17, 15) is 0 Å². The molecule has 0 atom stereocenters. The van der Waals surface area contributed by atoms with Gasteiger partial charge in [-0.05, 0) is 18.1 Å². The fourth-order valence-electron chi connectivity index (χ4n) is 1.48. The van der Waals surface area contributed by atoms with Crippen molar-refractivity contribution < 1.29 is 4.74 Å². The van der Waals surface area contributed by atoms with Gasteiger partial charge in [-0.1, -0.05) is 24.3 Å². The lowest BCUT2D eigenvalue weighted by Gasteiger charge is -2.05. The van der Waals surface area contributed by atoms with E-state index in [-0.39, 0.29) is 0 Å². The van der Waals surface area contributed by atoms with Crippen LogP contribution in [-0.4, -0.2) is 21.9 Å². The molecule has 16 heavy (non-hydrogen) atoms. The molecule has 0 bridgehead atoms. The Morgan fingerprint density at radius 1 is 1.38 bits per heavy atom. The van der Waals surface area contributed by atoms with Gasteiger partial charge in [0.25, 0.3) is 0 Å². The van der Waals surface area contributed by atoms with Crippen molar-refractivity contribution >= 4 is 5.95 Å². The normalized spacial score (nSPS) is 10.4. The Labute approximate surface area is 93.9 Å². The number of hydrogen-bond acceptors (Lipinski definition) is 4. The van der Waals surface area contributed by atoms with Crippen LogP contribution < -0.4 is 10.5 Å². The first-order valence-electron chi connectivity index (χ1n) is 4.99. The summed E-state index contributed by atoms with van der Waals surface area (Å²) in [4.78, 5) is 3.96. The molecule has 0 saturated carbocycles. The van der Waals surface area contributed by atoms with Crippen molar-refractivity contribution in [3.8, 4) is 6.01 Å². The molecule has 0 saturated heterocycles. The third kappa shape index (κ3) is 1.98. The largest absolute Gasteiger partial charge is 0.466 e. The minimum absolute atomic E-state index is 0.297. The van der Waals surface area contributed by atoms with E-state index in [1.165, 1.54) is 18.2 Å². The highest BCUT2D eigenvalue weighted by atomic mass is 16.5. The summed E-state index contributed by atoms with van der Waals surface area (Å²) >= 11 is 0. The highest BCUT2D eigenvalue weighted by molar-refractivity contribution is 5.28. The van der Waals surface area contributed by atoms with E-state index in [4.69, 9.17) is 10.5 Å². The maximum Gasteiger partial charge on any atom is 0.337 e. The second kappa shape index (κ2) is 4.22. The van der Waals surface area contributed by atoms with Gasteiger partial charge in [-0.3, -0.25) is 0 Å². The lowest BCUT2D eigenvalue weighted by molar-refractivity contribution is 0.377. The van der Waals surface area contributed by atoms with Crippen LogP contribution in [-0.2, 0) is 6.54 Å². The standard InChI is InChI=1S/C11H14N4O/c1-8-5-3-4-6-9(8)7-15-10(12)13-11(14-15)16-2/h3-6H,7H2,1-2H3,(H2,12,13,14). The van der Waals surface area contributed by atoms with Gasteiger partial charge in [-0.15, -0.1) is 5.10 Å². The first kappa shape index (κ1) is 10.5. The first-order chi connectivity index (χ1) is 7.70. The molecule has 1 aromatic carbocycles. The number of hydrogen-bond donors (Lipinski definition) is 1. The van der Waals surface area contributed by atoms with Gasteiger partial charge in [0.2, 0.25) is 5.95 Å². The highest BCUT2D eigenvalue weighted by Crippen LogP contribution is 2.12. The quantitative estimate of drug-likeness (QED) is 0.841. The molecule has 1 heterocycles. The highest BCUT2D eigenvalue weighted by Gasteiger charge is 2.07. The maximum atomic E-state index is 5.72. The van der Waals surface area contributed by atoms with E-state index in [1.54, 1.807) is 4.68 Å². The van der Waals surface area contributed by atoms with Gasteiger partial charge in [0, 0.05) is 0 Å². The molecule has 0 fully saturated rings. The van der Waals surface area contributed by atoms with Gasteiger partial charge in [0.1, 0.15) is 0 Å². The lowest BCUT2D eigenvalue weighted by atomic mass is 10.1. The number of nitrogen functional groups attached to an aromatic ring is 1. The summed E-state index contributed by atoms with van der Waals surface area (Å²) < 4.78 is 6.55. The maximum absolute atomic E-state index is 5.72. The first-order valence-corrected chi connectivity index (χ1v) is 4.99. The van der Waals surface area contributed by atoms with Crippen LogP contribution in [0.1, 0.15) is 11.1 Å². The number of nitrogens with zero attached hydrogens (tertiary/aromatic N) is 3. The predicted octanol–water partition coefficient (Wildman–Crippen LogP) is 1.23. The van der Waals surface area contributed by atoms with E-state index >= 15 is 0 Å². The molecule has 0 aliphatic heterocycles. The average molecular weight is 218 g/mol. The van der Waals surface area contributed by atoms with E-state index in [0.717, 1.165) is 0 Å². The van der Waals surface area contributed by atoms with E-state index in [0.29, 0.717) is 18.5 Å². The van der Waals surface area contributed by atoms with Crippen molar-refractivity contribution in [2.24, 2.45) is 0 Å². The van der Waals surface area contributed by atoms with Crippen LogP contribution in [0, 0.1) is 6.92 Å². The number of benzene rings is 1. The summed E-state index contributed by atoms with van der Waals surface area (Å²) in [6.07, 6.45) is 0. The van der Waals surface area contributed by atoms with Crippen LogP contribution >= 0.6 is 0 Å². The number of rotatable bonds is 3. The Morgan fingerprint density at radius 3 is 2.75 bits per heavy atom. The van der Waals surface area contributed by atoms with Crippen LogP contribution in [0.4, 0.5) is 5.95 Å². The SMILES string of the molecule is COc1nc(N)n(Cc2ccccc2C)n1. The average Bonchev–Trinajstić information content (AvgIpc) is 2.63. The Kier molecular flexibility index (Phi) is 2.76. The van der Waals surface area contributed by atoms with Crippen molar-refractivity contribution in [1.29, 1.82) is 0 Å². The van der Waals surface area contributed by atoms with Crippen molar-refractivity contribution in [3.63, 3.8) is 0 Å². The fourth-order valence-corrected chi connectivity index (χ4v) is 1.48. The lowest BCUT2D eigenvalue weighted by Crippen LogP contribution is -2.07. The van der Waals surface area contributed by atoms with Gasteiger partial charge in [0.05, 0.1) is 13.7 Å². The number of methoxy groups -OCH3 is 1. The van der Waals surface area contributed by atoms with Crippen molar-refractivity contribution in [2.75, 3.05) is 12.8 Å². The minimum atomic E-state index is 0.297. The molecule has 0 amide bonds. The zero-order chi connectivity index (χ0) is 11.5. The molecule has 0 spiro atoms. The molecule has 5 nitrogen and oxygen atoms in total. The molecular formula is C11H14N4O. The van der Waals surface area contributed by atoms with Crippen molar-refractivity contribution in [3.05, 3.63) is 35.4 Å². The molecule has 2 rings (SSSR count). The monoisotopic (exact) mass is 218 g/mol. The molecule has 5 heteroatoms. The smallest absolute Gasteiger partial charge is 0.337 e. The molecular weight excluding hydrogens is 204 g/mol. The van der Waals surface area contributed by atoms with Gasteiger partial charge >= 0.3 is 6.01 Å². The topological polar surface area (TPSA) is 66.0 Å². The third-order valence-electron chi connectivity index (χ3n) is 2.44. The molecule has 0 aliphatic carbocycles. The minimum Gasteiger partial charge on any atom is -0.466 e. The number of nitrogens with two attached hydrogens (primary N) is 1. The molecule has 1 aromatic heterocycles. The zero-order valence-corrected chi connectivity index (χ0v) is 9.34. The van der Waals surface area contributed by atoms with Crippen LogP contribution in [0.5, 0.6) is 6.01 Å². The number of aromatic nitrogens is 3. The van der Waals surface area contributed by atoms with Gasteiger partial charge in [-0.2, -0.15) is 4.98 Å². The molecule has 2 N–H and O–H groups in total. The van der Waals surface area contributed by atoms with E-state index in [2.05, 4.69) is 23.1 Å². The Balaban J connectivity index is 2.27. The predicted molar refractivity (Wildman–Crippen MR) is 61.3 cm³/mol. The van der Waals surface area contributed by atoms with Crippen LogP contribution in [0.15, 0.2) is 24.3 Å².